The Morgan fingerprint density at radius 2 is 2.10 bits per heavy atom. The first-order valence-electron chi connectivity index (χ1n) is 7.04. The molecule has 6 heteroatoms. The van der Waals surface area contributed by atoms with Gasteiger partial charge in [0.15, 0.2) is 0 Å². The molecule has 2 aromatic rings. The van der Waals surface area contributed by atoms with Crippen LogP contribution in [-0.4, -0.2) is 18.0 Å². The molecule has 3 rings (SSSR count). The fourth-order valence-electron chi connectivity index (χ4n) is 2.59. The van der Waals surface area contributed by atoms with Gasteiger partial charge >= 0.3 is 0 Å². The molecular formula is C15H17N3O3. The van der Waals surface area contributed by atoms with E-state index in [0.717, 1.165) is 24.5 Å². The highest BCUT2D eigenvalue weighted by Crippen LogP contribution is 2.31. The maximum absolute atomic E-state index is 11.1. The smallest absolute Gasteiger partial charge is 0.292 e. The van der Waals surface area contributed by atoms with Gasteiger partial charge in [0, 0.05) is 24.8 Å². The lowest BCUT2D eigenvalue weighted by molar-refractivity contribution is -0.384. The second kappa shape index (κ2) is 5.87. The third kappa shape index (κ3) is 2.99. The summed E-state index contributed by atoms with van der Waals surface area (Å²) < 4.78 is 5.24. The molecule has 1 fully saturated rings. The molecule has 1 aromatic carbocycles. The summed E-state index contributed by atoms with van der Waals surface area (Å²) in [6.45, 7) is 2.45. The average molecular weight is 287 g/mol. The number of rotatable bonds is 5. The first-order valence-corrected chi connectivity index (χ1v) is 7.04. The number of furan rings is 1. The molecule has 6 nitrogen and oxygen atoms in total. The summed E-state index contributed by atoms with van der Waals surface area (Å²) in [6.07, 6.45) is 3.93. The van der Waals surface area contributed by atoms with Gasteiger partial charge in [0.05, 0.1) is 17.7 Å². The van der Waals surface area contributed by atoms with Gasteiger partial charge in [-0.25, -0.2) is 0 Å². The van der Waals surface area contributed by atoms with E-state index in [0.29, 0.717) is 12.2 Å². The van der Waals surface area contributed by atoms with Crippen LogP contribution in [-0.2, 0) is 6.54 Å². The highest BCUT2D eigenvalue weighted by molar-refractivity contribution is 5.69. The van der Waals surface area contributed by atoms with E-state index < -0.39 is 0 Å². The first kappa shape index (κ1) is 13.5. The highest BCUT2D eigenvalue weighted by atomic mass is 16.6. The summed E-state index contributed by atoms with van der Waals surface area (Å²) >= 11 is 0. The summed E-state index contributed by atoms with van der Waals surface area (Å²) in [5.74, 6) is 0.746. The third-order valence-electron chi connectivity index (χ3n) is 3.68. The van der Waals surface area contributed by atoms with Crippen LogP contribution in [0.4, 0.5) is 17.1 Å². The van der Waals surface area contributed by atoms with Crippen molar-refractivity contribution in [1.82, 2.24) is 0 Å². The van der Waals surface area contributed by atoms with E-state index in [1.54, 1.807) is 18.4 Å². The van der Waals surface area contributed by atoms with Crippen molar-refractivity contribution < 1.29 is 9.34 Å². The van der Waals surface area contributed by atoms with Gasteiger partial charge in [-0.05, 0) is 37.1 Å². The molecule has 2 heterocycles. The van der Waals surface area contributed by atoms with E-state index in [4.69, 9.17) is 4.42 Å². The number of anilines is 2. The lowest BCUT2D eigenvalue weighted by Crippen LogP contribution is -2.17. The first-order chi connectivity index (χ1) is 10.2. The average Bonchev–Trinajstić information content (AvgIpc) is 3.18. The van der Waals surface area contributed by atoms with E-state index in [-0.39, 0.29) is 10.6 Å². The van der Waals surface area contributed by atoms with Crippen molar-refractivity contribution in [2.24, 2.45) is 0 Å². The maximum Gasteiger partial charge on any atom is 0.292 e. The fourth-order valence-corrected chi connectivity index (χ4v) is 2.59. The van der Waals surface area contributed by atoms with Crippen LogP contribution in [0.1, 0.15) is 18.6 Å². The molecule has 21 heavy (non-hydrogen) atoms. The van der Waals surface area contributed by atoms with Gasteiger partial charge in [0.25, 0.3) is 5.69 Å². The van der Waals surface area contributed by atoms with Gasteiger partial charge in [-0.15, -0.1) is 0 Å². The van der Waals surface area contributed by atoms with Crippen molar-refractivity contribution >= 4 is 17.1 Å². The summed E-state index contributed by atoms with van der Waals surface area (Å²) in [4.78, 5) is 13.0. The van der Waals surface area contributed by atoms with Gasteiger partial charge in [-0.2, -0.15) is 0 Å². The second-order valence-electron chi connectivity index (χ2n) is 5.09. The van der Waals surface area contributed by atoms with Crippen LogP contribution in [0.3, 0.4) is 0 Å². The normalized spacial score (nSPS) is 14.4. The number of nitro groups is 1. The lowest BCUT2D eigenvalue weighted by Gasteiger charge is -2.18. The van der Waals surface area contributed by atoms with Gasteiger partial charge < -0.3 is 14.6 Å². The minimum atomic E-state index is -0.363. The Kier molecular flexibility index (Phi) is 3.77. The molecule has 0 amide bonds. The minimum Gasteiger partial charge on any atom is -0.467 e. The number of nitro benzene ring substituents is 1. The van der Waals surface area contributed by atoms with Crippen molar-refractivity contribution in [2.45, 2.75) is 19.4 Å². The zero-order chi connectivity index (χ0) is 14.7. The molecular weight excluding hydrogens is 270 g/mol. The quantitative estimate of drug-likeness (QED) is 0.674. The molecule has 1 aliphatic rings. The number of nitrogens with zero attached hydrogens (tertiary/aromatic N) is 2. The molecule has 110 valence electrons. The number of hydrogen-bond donors (Lipinski definition) is 1. The van der Waals surface area contributed by atoms with Crippen molar-refractivity contribution in [3.63, 3.8) is 0 Å². The fraction of sp³-hybridized carbons (Fsp3) is 0.333. The molecule has 0 bridgehead atoms. The van der Waals surface area contributed by atoms with Crippen LogP contribution in [0, 0.1) is 10.1 Å². The Morgan fingerprint density at radius 3 is 2.76 bits per heavy atom. The van der Waals surface area contributed by atoms with Crippen molar-refractivity contribution in [1.29, 1.82) is 0 Å². The van der Waals surface area contributed by atoms with Gasteiger partial charge in [0.2, 0.25) is 0 Å². The number of hydrogen-bond acceptors (Lipinski definition) is 5. The standard InChI is InChI=1S/C15H17N3O3/c19-18(20)15-6-5-12(17-7-1-2-8-17)10-14(15)16-11-13-4-3-9-21-13/h3-6,9-10,16H,1-2,7-8,11H2. The topological polar surface area (TPSA) is 71.6 Å². The highest BCUT2D eigenvalue weighted by Gasteiger charge is 2.18. The van der Waals surface area contributed by atoms with Crippen molar-refractivity contribution in [3.05, 3.63) is 52.5 Å². The van der Waals surface area contributed by atoms with E-state index in [1.165, 1.54) is 12.8 Å². The zero-order valence-corrected chi connectivity index (χ0v) is 11.6. The molecule has 0 saturated carbocycles. The molecule has 1 aliphatic heterocycles. The molecule has 0 atom stereocenters. The van der Waals surface area contributed by atoms with Gasteiger partial charge in [0.1, 0.15) is 11.4 Å². The van der Waals surface area contributed by atoms with E-state index in [1.807, 2.05) is 18.2 Å². The predicted octanol–water partition coefficient (Wildman–Crippen LogP) is 3.40. The van der Waals surface area contributed by atoms with Crippen molar-refractivity contribution in [3.8, 4) is 0 Å². The molecule has 1 saturated heterocycles. The van der Waals surface area contributed by atoms with Gasteiger partial charge in [-0.3, -0.25) is 10.1 Å². The van der Waals surface area contributed by atoms with Crippen LogP contribution in [0.25, 0.3) is 0 Å². The van der Waals surface area contributed by atoms with Crippen LogP contribution >= 0.6 is 0 Å². The summed E-state index contributed by atoms with van der Waals surface area (Å²) in [5, 5.41) is 14.2. The Bertz CT molecular complexity index is 619. The van der Waals surface area contributed by atoms with Crippen LogP contribution in [0.5, 0.6) is 0 Å². The van der Waals surface area contributed by atoms with E-state index in [2.05, 4.69) is 10.2 Å². The SMILES string of the molecule is O=[N+]([O-])c1ccc(N2CCCC2)cc1NCc1ccco1. The zero-order valence-electron chi connectivity index (χ0n) is 11.6. The Balaban J connectivity index is 1.83. The summed E-state index contributed by atoms with van der Waals surface area (Å²) in [7, 11) is 0. The molecule has 1 aromatic heterocycles. The molecule has 1 N–H and O–H groups in total. The largest absolute Gasteiger partial charge is 0.467 e. The Morgan fingerprint density at radius 1 is 1.29 bits per heavy atom. The molecule has 0 unspecified atom stereocenters. The second-order valence-corrected chi connectivity index (χ2v) is 5.09. The monoisotopic (exact) mass is 287 g/mol. The minimum absolute atomic E-state index is 0.0875. The number of nitrogens with one attached hydrogen (secondary N) is 1. The Hall–Kier alpha value is -2.50. The molecule has 0 radical (unpaired) electrons. The summed E-state index contributed by atoms with van der Waals surface area (Å²) in [6, 6.07) is 8.88. The van der Waals surface area contributed by atoms with Crippen LogP contribution in [0.2, 0.25) is 0 Å². The van der Waals surface area contributed by atoms with Gasteiger partial charge in [-0.1, -0.05) is 0 Å². The Labute approximate surface area is 122 Å². The summed E-state index contributed by atoms with van der Waals surface area (Å²) in [5.41, 5.74) is 1.64. The van der Waals surface area contributed by atoms with Crippen molar-refractivity contribution in [2.75, 3.05) is 23.3 Å². The molecule has 0 aliphatic carbocycles. The van der Waals surface area contributed by atoms with E-state index >= 15 is 0 Å². The van der Waals surface area contributed by atoms with Crippen LogP contribution < -0.4 is 10.2 Å². The van der Waals surface area contributed by atoms with E-state index in [9.17, 15) is 10.1 Å². The maximum atomic E-state index is 11.1. The number of benzene rings is 1. The third-order valence-corrected chi connectivity index (χ3v) is 3.68. The lowest BCUT2D eigenvalue weighted by atomic mass is 10.2. The molecule has 0 spiro atoms. The predicted molar refractivity (Wildman–Crippen MR) is 80.6 cm³/mol. The van der Waals surface area contributed by atoms with Crippen LogP contribution in [0.15, 0.2) is 41.0 Å².